The monoisotopic (exact) mass is 408 g/mol. The van der Waals surface area contributed by atoms with Crippen LogP contribution in [0.1, 0.15) is 5.56 Å². The smallest absolute Gasteiger partial charge is 0.326 e. The number of pyridine rings is 2. The number of ether oxygens (including phenoxy) is 2. The van der Waals surface area contributed by atoms with Crippen molar-refractivity contribution in [1.82, 2.24) is 14.9 Å². The Labute approximate surface area is 173 Å². The van der Waals surface area contributed by atoms with E-state index in [2.05, 4.69) is 9.97 Å². The molecule has 3 heterocycles. The number of hydrogen-bond donors (Lipinski definition) is 0. The lowest BCUT2D eigenvalue weighted by atomic mass is 10.1. The summed E-state index contributed by atoms with van der Waals surface area (Å²) in [5.74, 6) is 0.994. The summed E-state index contributed by atoms with van der Waals surface area (Å²) >= 11 is 0. The number of amides is 2. The van der Waals surface area contributed by atoms with Gasteiger partial charge in [-0.05, 0) is 35.9 Å². The van der Waals surface area contributed by atoms with Gasteiger partial charge in [-0.25, -0.2) is 9.18 Å². The maximum atomic E-state index is 14.1. The zero-order valence-electron chi connectivity index (χ0n) is 16.7. The Morgan fingerprint density at radius 1 is 1.07 bits per heavy atom. The maximum Gasteiger partial charge on any atom is 0.326 e. The Balaban J connectivity index is 1.56. The lowest BCUT2D eigenvalue weighted by molar-refractivity contribution is 0.218. The Hall–Kier alpha value is -3.68. The van der Waals surface area contributed by atoms with Crippen molar-refractivity contribution in [3.8, 4) is 22.8 Å². The van der Waals surface area contributed by atoms with Crippen LogP contribution in [-0.4, -0.2) is 48.2 Å². The standard InChI is InChI=1S/C22H21FN4O3/c1-29-16-5-3-4-15(12-16)14-26-10-11-27(22(26)28)20-7-6-18(21(25-20)30-2)17-8-9-24-13-19(17)23/h3-9,12-13H,10-11,14H2,1-2H3. The fourth-order valence-corrected chi connectivity index (χ4v) is 3.47. The van der Waals surface area contributed by atoms with Gasteiger partial charge in [0.05, 0.1) is 20.4 Å². The second-order valence-electron chi connectivity index (χ2n) is 6.79. The SMILES string of the molecule is COc1cccc(CN2CCN(c3ccc(-c4ccncc4F)c(OC)n3)C2=O)c1. The largest absolute Gasteiger partial charge is 0.497 e. The molecule has 2 amide bonds. The number of anilines is 1. The quantitative estimate of drug-likeness (QED) is 0.622. The maximum absolute atomic E-state index is 14.1. The van der Waals surface area contributed by atoms with Crippen LogP contribution < -0.4 is 14.4 Å². The number of nitrogens with zero attached hydrogens (tertiary/aromatic N) is 4. The number of aromatic nitrogens is 2. The number of halogens is 1. The van der Waals surface area contributed by atoms with E-state index in [4.69, 9.17) is 9.47 Å². The first kappa shape index (κ1) is 19.6. The van der Waals surface area contributed by atoms with Gasteiger partial charge in [0.15, 0.2) is 0 Å². The predicted octanol–water partition coefficient (Wildman–Crippen LogP) is 3.74. The summed E-state index contributed by atoms with van der Waals surface area (Å²) in [6.45, 7) is 1.55. The van der Waals surface area contributed by atoms with Crippen LogP contribution in [0.5, 0.6) is 11.6 Å². The Morgan fingerprint density at radius 2 is 1.93 bits per heavy atom. The van der Waals surface area contributed by atoms with Crippen molar-refractivity contribution in [2.24, 2.45) is 0 Å². The average Bonchev–Trinajstić information content (AvgIpc) is 3.14. The van der Waals surface area contributed by atoms with Crippen LogP contribution in [0.15, 0.2) is 54.9 Å². The molecule has 30 heavy (non-hydrogen) atoms. The second kappa shape index (κ2) is 8.36. The highest BCUT2D eigenvalue weighted by Crippen LogP contribution is 2.33. The number of methoxy groups -OCH3 is 2. The predicted molar refractivity (Wildman–Crippen MR) is 110 cm³/mol. The van der Waals surface area contributed by atoms with E-state index < -0.39 is 5.82 Å². The van der Waals surface area contributed by atoms with E-state index in [1.54, 1.807) is 35.1 Å². The number of carbonyl (C=O) groups is 1. The minimum absolute atomic E-state index is 0.143. The highest BCUT2D eigenvalue weighted by atomic mass is 19.1. The van der Waals surface area contributed by atoms with E-state index in [0.29, 0.717) is 36.6 Å². The summed E-state index contributed by atoms with van der Waals surface area (Å²) < 4.78 is 24.8. The van der Waals surface area contributed by atoms with E-state index in [1.807, 2.05) is 24.3 Å². The third-order valence-corrected chi connectivity index (χ3v) is 4.98. The van der Waals surface area contributed by atoms with Gasteiger partial charge in [0.2, 0.25) is 5.88 Å². The summed E-state index contributed by atoms with van der Waals surface area (Å²) in [5.41, 5.74) is 1.83. The minimum atomic E-state index is -0.466. The van der Waals surface area contributed by atoms with Gasteiger partial charge in [0, 0.05) is 37.0 Å². The van der Waals surface area contributed by atoms with Crippen molar-refractivity contribution < 1.29 is 18.7 Å². The summed E-state index contributed by atoms with van der Waals surface area (Å²) in [7, 11) is 3.08. The molecule has 1 fully saturated rings. The van der Waals surface area contributed by atoms with Crippen LogP contribution in [0.25, 0.3) is 11.1 Å². The minimum Gasteiger partial charge on any atom is -0.497 e. The molecular formula is C22H21FN4O3. The first-order chi connectivity index (χ1) is 14.6. The average molecular weight is 408 g/mol. The van der Waals surface area contributed by atoms with Gasteiger partial charge in [0.1, 0.15) is 17.4 Å². The third kappa shape index (κ3) is 3.76. The first-order valence-corrected chi connectivity index (χ1v) is 9.45. The van der Waals surface area contributed by atoms with Crippen LogP contribution in [0, 0.1) is 5.82 Å². The zero-order valence-corrected chi connectivity index (χ0v) is 16.7. The van der Waals surface area contributed by atoms with Crippen LogP contribution in [0.2, 0.25) is 0 Å². The van der Waals surface area contributed by atoms with Crippen LogP contribution >= 0.6 is 0 Å². The van der Waals surface area contributed by atoms with Gasteiger partial charge < -0.3 is 14.4 Å². The summed E-state index contributed by atoms with van der Waals surface area (Å²) in [4.78, 5) is 24.5. The topological polar surface area (TPSA) is 67.8 Å². The normalized spacial score (nSPS) is 13.6. The van der Waals surface area contributed by atoms with Gasteiger partial charge in [-0.1, -0.05) is 12.1 Å². The molecule has 0 unspecified atom stereocenters. The third-order valence-electron chi connectivity index (χ3n) is 4.98. The molecule has 1 aliphatic heterocycles. The van der Waals surface area contributed by atoms with Crippen LogP contribution in [0.4, 0.5) is 15.0 Å². The van der Waals surface area contributed by atoms with Gasteiger partial charge in [0.25, 0.3) is 0 Å². The van der Waals surface area contributed by atoms with Gasteiger partial charge in [-0.15, -0.1) is 0 Å². The molecule has 0 spiro atoms. The van der Waals surface area contributed by atoms with Gasteiger partial charge in [-0.3, -0.25) is 9.88 Å². The zero-order chi connectivity index (χ0) is 21.1. The molecule has 3 aromatic rings. The fourth-order valence-electron chi connectivity index (χ4n) is 3.47. The molecule has 154 valence electrons. The van der Waals surface area contributed by atoms with Crippen molar-refractivity contribution in [3.05, 3.63) is 66.2 Å². The molecule has 2 aromatic heterocycles. The molecule has 0 saturated carbocycles. The summed E-state index contributed by atoms with van der Waals surface area (Å²) in [5, 5.41) is 0. The molecule has 4 rings (SSSR count). The number of carbonyl (C=O) groups excluding carboxylic acids is 1. The Kier molecular flexibility index (Phi) is 5.47. The fraction of sp³-hybridized carbons (Fsp3) is 0.227. The number of rotatable bonds is 6. The van der Waals surface area contributed by atoms with E-state index in [9.17, 15) is 9.18 Å². The van der Waals surface area contributed by atoms with Crippen molar-refractivity contribution >= 4 is 11.8 Å². The van der Waals surface area contributed by atoms with Crippen molar-refractivity contribution in [2.75, 3.05) is 32.2 Å². The highest BCUT2D eigenvalue weighted by Gasteiger charge is 2.31. The number of urea groups is 1. The molecular weight excluding hydrogens is 387 g/mol. The molecule has 7 nitrogen and oxygen atoms in total. The summed E-state index contributed by atoms with van der Waals surface area (Å²) in [6.07, 6.45) is 2.65. The van der Waals surface area contributed by atoms with E-state index in [0.717, 1.165) is 17.5 Å². The van der Waals surface area contributed by atoms with E-state index in [-0.39, 0.29) is 11.9 Å². The number of benzene rings is 1. The first-order valence-electron chi connectivity index (χ1n) is 9.45. The van der Waals surface area contributed by atoms with Crippen LogP contribution in [-0.2, 0) is 6.54 Å². The summed E-state index contributed by atoms with van der Waals surface area (Å²) in [6, 6.07) is 12.5. The van der Waals surface area contributed by atoms with Gasteiger partial charge >= 0.3 is 6.03 Å². The number of hydrogen-bond acceptors (Lipinski definition) is 5. The molecule has 1 saturated heterocycles. The molecule has 8 heteroatoms. The molecule has 0 atom stereocenters. The van der Waals surface area contributed by atoms with E-state index in [1.165, 1.54) is 13.3 Å². The van der Waals surface area contributed by atoms with Crippen molar-refractivity contribution in [2.45, 2.75) is 6.54 Å². The molecule has 1 aliphatic rings. The lowest BCUT2D eigenvalue weighted by Crippen LogP contribution is -2.32. The van der Waals surface area contributed by atoms with Crippen molar-refractivity contribution in [1.29, 1.82) is 0 Å². The molecule has 1 aromatic carbocycles. The second-order valence-corrected chi connectivity index (χ2v) is 6.79. The lowest BCUT2D eigenvalue weighted by Gasteiger charge is -2.19. The Morgan fingerprint density at radius 3 is 2.70 bits per heavy atom. The molecule has 0 radical (unpaired) electrons. The highest BCUT2D eigenvalue weighted by molar-refractivity contribution is 5.93. The molecule has 0 bridgehead atoms. The Bertz CT molecular complexity index is 1080. The van der Waals surface area contributed by atoms with Gasteiger partial charge in [-0.2, -0.15) is 4.98 Å². The molecule has 0 aliphatic carbocycles. The van der Waals surface area contributed by atoms with Crippen LogP contribution in [0.3, 0.4) is 0 Å². The van der Waals surface area contributed by atoms with E-state index >= 15 is 0 Å². The molecule has 0 N–H and O–H groups in total. The van der Waals surface area contributed by atoms with Crippen molar-refractivity contribution in [3.63, 3.8) is 0 Å².